The Labute approximate surface area is 256 Å². The number of para-hydroxylation sites is 1. The van der Waals surface area contributed by atoms with Gasteiger partial charge in [-0.1, -0.05) is 109 Å². The van der Waals surface area contributed by atoms with E-state index in [1.165, 1.54) is 0 Å². The Kier molecular flexibility index (Phi) is 6.38. The zero-order valence-electron chi connectivity index (χ0n) is 23.8. The fourth-order valence-electron chi connectivity index (χ4n) is 5.72. The van der Waals surface area contributed by atoms with E-state index < -0.39 is 0 Å². The van der Waals surface area contributed by atoms with E-state index in [4.69, 9.17) is 15.0 Å². The highest BCUT2D eigenvalue weighted by Gasteiger charge is 2.17. The molecular weight excluding hydrogens is 536 g/mol. The van der Waals surface area contributed by atoms with E-state index in [-0.39, 0.29) is 0 Å². The lowest BCUT2D eigenvalue weighted by Crippen LogP contribution is -2.10. The predicted octanol–water partition coefficient (Wildman–Crippen LogP) is 9.72. The maximum absolute atomic E-state index is 5.07. The van der Waals surface area contributed by atoms with Crippen molar-refractivity contribution in [3.8, 4) is 22.3 Å². The molecule has 0 aromatic heterocycles. The molecule has 0 aliphatic carbocycles. The van der Waals surface area contributed by atoms with Gasteiger partial charge in [-0.05, 0) is 70.8 Å². The quantitative estimate of drug-likeness (QED) is 0.207. The molecular formula is C40H26N4. The molecule has 0 spiro atoms. The van der Waals surface area contributed by atoms with Crippen molar-refractivity contribution in [1.29, 1.82) is 0 Å². The molecule has 0 radical (unpaired) electrons. The third-order valence-electron chi connectivity index (χ3n) is 7.88. The molecule has 0 saturated carbocycles. The summed E-state index contributed by atoms with van der Waals surface area (Å²) in [5.74, 6) is 4.41. The van der Waals surface area contributed by atoms with E-state index in [0.29, 0.717) is 17.4 Å². The fraction of sp³-hybridized carbons (Fsp3) is 0. The van der Waals surface area contributed by atoms with E-state index >= 15 is 0 Å². The van der Waals surface area contributed by atoms with Gasteiger partial charge in [0.15, 0.2) is 11.7 Å². The van der Waals surface area contributed by atoms with Gasteiger partial charge in [0, 0.05) is 39.6 Å². The van der Waals surface area contributed by atoms with Gasteiger partial charge in [-0.25, -0.2) is 9.98 Å². The highest BCUT2D eigenvalue weighted by molar-refractivity contribution is 6.18. The second kappa shape index (κ2) is 11.0. The van der Waals surface area contributed by atoms with Crippen molar-refractivity contribution in [3.05, 3.63) is 174 Å². The summed E-state index contributed by atoms with van der Waals surface area (Å²) in [7, 11) is 0. The van der Waals surface area contributed by atoms with Gasteiger partial charge in [0.1, 0.15) is 5.70 Å². The Morgan fingerprint density at radius 2 is 0.841 bits per heavy atom. The van der Waals surface area contributed by atoms with Crippen LogP contribution in [0.4, 0.5) is 17.1 Å². The molecule has 2 heterocycles. The Bertz CT molecular complexity index is 2150. The van der Waals surface area contributed by atoms with Crippen LogP contribution in [0, 0.1) is 0 Å². The zero-order chi connectivity index (χ0) is 29.3. The molecule has 0 amide bonds. The number of rotatable bonds is 2. The van der Waals surface area contributed by atoms with Gasteiger partial charge in [-0.15, -0.1) is 0 Å². The molecule has 0 unspecified atom stereocenters. The summed E-state index contributed by atoms with van der Waals surface area (Å²) < 4.78 is 0. The second-order valence-corrected chi connectivity index (χ2v) is 10.7. The van der Waals surface area contributed by atoms with Crippen LogP contribution >= 0.6 is 0 Å². The van der Waals surface area contributed by atoms with Crippen LogP contribution in [-0.2, 0) is 0 Å². The van der Waals surface area contributed by atoms with Crippen molar-refractivity contribution in [2.75, 3.05) is 4.90 Å². The lowest BCUT2D eigenvalue weighted by Gasteiger charge is -2.26. The number of fused-ring (bicyclic) bond motifs is 13. The van der Waals surface area contributed by atoms with E-state index in [1.54, 1.807) is 0 Å². The van der Waals surface area contributed by atoms with Crippen molar-refractivity contribution < 1.29 is 0 Å². The number of anilines is 3. The first-order valence-electron chi connectivity index (χ1n) is 14.6. The van der Waals surface area contributed by atoms with Crippen LogP contribution in [0.3, 0.4) is 0 Å². The molecule has 206 valence electrons. The minimum Gasteiger partial charge on any atom is -0.310 e. The molecule has 4 heteroatoms. The fourth-order valence-corrected chi connectivity index (χ4v) is 5.72. The van der Waals surface area contributed by atoms with E-state index in [2.05, 4.69) is 138 Å². The van der Waals surface area contributed by atoms with Crippen LogP contribution in [0.5, 0.6) is 0 Å². The van der Waals surface area contributed by atoms with Crippen LogP contribution in [0.1, 0.15) is 16.7 Å². The van der Waals surface area contributed by atoms with E-state index in [1.807, 2.05) is 30.3 Å². The summed E-state index contributed by atoms with van der Waals surface area (Å²) in [4.78, 5) is 17.1. The van der Waals surface area contributed by atoms with Crippen molar-refractivity contribution >= 4 is 40.3 Å². The van der Waals surface area contributed by atoms with Gasteiger partial charge >= 0.3 is 0 Å². The first kappa shape index (κ1) is 25.6. The minimum absolute atomic E-state index is 0.576. The third-order valence-corrected chi connectivity index (χ3v) is 7.88. The Morgan fingerprint density at radius 1 is 0.364 bits per heavy atom. The number of hydrogen-bond donors (Lipinski definition) is 0. The maximum atomic E-state index is 5.07. The van der Waals surface area contributed by atoms with Gasteiger partial charge in [0.2, 0.25) is 0 Å². The highest BCUT2D eigenvalue weighted by atomic mass is 15.1. The van der Waals surface area contributed by atoms with Gasteiger partial charge in [-0.3, -0.25) is 0 Å². The lowest BCUT2D eigenvalue weighted by atomic mass is 9.99. The second-order valence-electron chi connectivity index (χ2n) is 10.7. The number of amidine groups is 2. The Balaban J connectivity index is 1.40. The minimum atomic E-state index is 0.576. The van der Waals surface area contributed by atoms with Crippen molar-refractivity contribution in [1.82, 2.24) is 0 Å². The molecule has 0 atom stereocenters. The van der Waals surface area contributed by atoms with Crippen molar-refractivity contribution in [2.24, 2.45) is 15.0 Å². The smallest absolute Gasteiger partial charge is 0.171 e. The predicted molar refractivity (Wildman–Crippen MR) is 182 cm³/mol. The van der Waals surface area contributed by atoms with Crippen LogP contribution in [0.15, 0.2) is 173 Å². The van der Waals surface area contributed by atoms with Crippen molar-refractivity contribution in [2.45, 2.75) is 0 Å². The largest absolute Gasteiger partial charge is 0.310 e. The first-order chi connectivity index (χ1) is 21.8. The third kappa shape index (κ3) is 4.86. The first-order valence-corrected chi connectivity index (χ1v) is 14.6. The van der Waals surface area contributed by atoms with Gasteiger partial charge < -0.3 is 4.90 Å². The van der Waals surface area contributed by atoms with Crippen LogP contribution < -0.4 is 4.90 Å². The molecule has 8 rings (SSSR count). The monoisotopic (exact) mass is 562 g/mol. The van der Waals surface area contributed by atoms with Crippen LogP contribution in [0.25, 0.3) is 28.0 Å². The molecule has 2 aliphatic rings. The number of nitrogens with zero attached hydrogens (tertiary/aromatic N) is 4. The molecule has 4 nitrogen and oxygen atoms in total. The standard InChI is InChI=1S/C40H26N4/c1-3-11-28(12-4-1)39-41-27-38-33-17-7-13-29(23-33)31-15-9-21-36(25-31)44(35-19-5-2-6-20-35)37-22-10-16-32(26-37)30-14-8-18-34(24-30)40(42-38)43-39/h1-26H. The normalized spacial score (nSPS) is 13.4. The Morgan fingerprint density at radius 3 is 1.50 bits per heavy atom. The molecule has 2 aliphatic heterocycles. The molecule has 0 saturated heterocycles. The molecule has 6 aromatic carbocycles. The topological polar surface area (TPSA) is 40.3 Å². The number of benzene rings is 6. The summed E-state index contributed by atoms with van der Waals surface area (Å²) >= 11 is 0. The SMILES string of the molecule is C1=NC(c2ccccc2)=NC2=NC=1c1cccc(c1)-c1cccc(c1)N(c1ccccc1)c1cccc(c1)-c1cccc2c1. The average Bonchev–Trinajstić information content (AvgIpc) is 3.33. The average molecular weight is 563 g/mol. The highest BCUT2D eigenvalue weighted by Crippen LogP contribution is 2.38. The number of hydrogen-bond acceptors (Lipinski definition) is 4. The van der Waals surface area contributed by atoms with Gasteiger partial charge in [0.05, 0.1) is 0 Å². The zero-order valence-corrected chi connectivity index (χ0v) is 23.8. The van der Waals surface area contributed by atoms with Gasteiger partial charge in [-0.2, -0.15) is 4.99 Å². The molecule has 44 heavy (non-hydrogen) atoms. The lowest BCUT2D eigenvalue weighted by molar-refractivity contribution is 1.28. The summed E-state index contributed by atoms with van der Waals surface area (Å²) in [5, 5.41) is 0. The summed E-state index contributed by atoms with van der Waals surface area (Å²) in [6.07, 6.45) is 0. The van der Waals surface area contributed by atoms with Crippen LogP contribution in [-0.4, -0.2) is 17.5 Å². The molecule has 0 fully saturated rings. The van der Waals surface area contributed by atoms with E-state index in [0.717, 1.165) is 56.0 Å². The summed E-state index contributed by atoms with van der Waals surface area (Å²) in [6, 6.07) is 54.7. The van der Waals surface area contributed by atoms with Crippen molar-refractivity contribution in [3.63, 3.8) is 0 Å². The summed E-state index contributed by atoms with van der Waals surface area (Å²) in [5.41, 5.74) is 11.0. The van der Waals surface area contributed by atoms with E-state index in [9.17, 15) is 0 Å². The van der Waals surface area contributed by atoms with Crippen LogP contribution in [0.2, 0.25) is 0 Å². The maximum Gasteiger partial charge on any atom is 0.171 e. The molecule has 0 N–H and O–H groups in total. The molecule has 10 bridgehead atoms. The number of aliphatic imine (C=N–C) groups is 3. The summed E-state index contributed by atoms with van der Waals surface area (Å²) in [6.45, 7) is 0. The van der Waals surface area contributed by atoms with Gasteiger partial charge in [0.25, 0.3) is 0 Å². The Hall–Kier alpha value is -6.09. The molecule has 6 aromatic rings.